The average Bonchev–Trinajstić information content (AvgIpc) is 3.07. The molecule has 0 saturated carbocycles. The predicted molar refractivity (Wildman–Crippen MR) is 94.1 cm³/mol. The highest BCUT2D eigenvalue weighted by Crippen LogP contribution is 2.37. The molecule has 0 radical (unpaired) electrons. The maximum absolute atomic E-state index is 12.1. The Morgan fingerprint density at radius 2 is 1.80 bits per heavy atom. The molecule has 0 aliphatic carbocycles. The van der Waals surface area contributed by atoms with E-state index in [1.165, 1.54) is 11.9 Å². The van der Waals surface area contributed by atoms with Gasteiger partial charge in [0.25, 0.3) is 0 Å². The fourth-order valence-electron chi connectivity index (χ4n) is 2.96. The number of carbonyl (C=O) groups excluding carboxylic acids is 1. The summed E-state index contributed by atoms with van der Waals surface area (Å²) in [5, 5.41) is 16.1. The molecule has 1 heterocycles. The van der Waals surface area contributed by atoms with E-state index in [0.29, 0.717) is 23.5 Å². The first-order valence-electron chi connectivity index (χ1n) is 7.92. The number of benzene rings is 2. The number of carbonyl (C=O) groups is 1. The van der Waals surface area contributed by atoms with Crippen LogP contribution >= 0.6 is 0 Å². The van der Waals surface area contributed by atoms with Gasteiger partial charge in [0.05, 0.1) is 26.0 Å². The van der Waals surface area contributed by atoms with Crippen molar-refractivity contribution in [1.82, 2.24) is 5.01 Å². The lowest BCUT2D eigenvalue weighted by Gasteiger charge is -2.21. The summed E-state index contributed by atoms with van der Waals surface area (Å²) in [6, 6.07) is 12.1. The summed E-state index contributed by atoms with van der Waals surface area (Å²) in [6.45, 7) is 1.46. The van der Waals surface area contributed by atoms with E-state index in [9.17, 15) is 9.90 Å². The Kier molecular flexibility index (Phi) is 4.61. The number of amides is 1. The van der Waals surface area contributed by atoms with Crippen LogP contribution in [-0.4, -0.2) is 36.0 Å². The molecule has 2 aromatic carbocycles. The zero-order chi connectivity index (χ0) is 18.0. The minimum absolute atomic E-state index is 0.151. The van der Waals surface area contributed by atoms with E-state index in [1.807, 2.05) is 18.2 Å². The Morgan fingerprint density at radius 1 is 1.16 bits per heavy atom. The summed E-state index contributed by atoms with van der Waals surface area (Å²) in [6.07, 6.45) is 0.494. The topological polar surface area (TPSA) is 71.4 Å². The largest absolute Gasteiger partial charge is 0.508 e. The third kappa shape index (κ3) is 3.28. The van der Waals surface area contributed by atoms with Crippen molar-refractivity contribution in [2.24, 2.45) is 5.10 Å². The normalized spacial score (nSPS) is 16.5. The van der Waals surface area contributed by atoms with Crippen LogP contribution in [0.2, 0.25) is 0 Å². The van der Waals surface area contributed by atoms with Gasteiger partial charge in [-0.15, -0.1) is 0 Å². The van der Waals surface area contributed by atoms with Gasteiger partial charge in [-0.25, -0.2) is 5.01 Å². The van der Waals surface area contributed by atoms with Gasteiger partial charge in [-0.1, -0.05) is 18.2 Å². The maximum Gasteiger partial charge on any atom is 0.240 e. The van der Waals surface area contributed by atoms with Crippen LogP contribution in [0.1, 0.15) is 30.5 Å². The number of ether oxygens (including phenoxy) is 2. The molecule has 1 N–H and O–H groups in total. The molecule has 6 heteroatoms. The molecule has 1 aliphatic heterocycles. The van der Waals surface area contributed by atoms with Crippen molar-refractivity contribution in [3.63, 3.8) is 0 Å². The Labute approximate surface area is 146 Å². The van der Waals surface area contributed by atoms with Crippen LogP contribution < -0.4 is 9.47 Å². The van der Waals surface area contributed by atoms with Crippen molar-refractivity contribution < 1.29 is 19.4 Å². The molecule has 25 heavy (non-hydrogen) atoms. The van der Waals surface area contributed by atoms with E-state index in [0.717, 1.165) is 11.3 Å². The van der Waals surface area contributed by atoms with Crippen LogP contribution in [0, 0.1) is 0 Å². The second-order valence-electron chi connectivity index (χ2n) is 5.79. The zero-order valence-corrected chi connectivity index (χ0v) is 14.4. The number of hydrogen-bond donors (Lipinski definition) is 1. The average molecular weight is 340 g/mol. The number of hydrogen-bond acceptors (Lipinski definition) is 5. The first-order valence-corrected chi connectivity index (χ1v) is 7.92. The lowest BCUT2D eigenvalue weighted by atomic mass is 9.97. The number of para-hydroxylation sites is 1. The molecule has 0 unspecified atom stereocenters. The fourth-order valence-corrected chi connectivity index (χ4v) is 2.96. The number of aromatic hydroxyl groups is 1. The highest BCUT2D eigenvalue weighted by Gasteiger charge is 2.33. The van der Waals surface area contributed by atoms with Crippen molar-refractivity contribution in [1.29, 1.82) is 0 Å². The fraction of sp³-hybridized carbons (Fsp3) is 0.263. The number of methoxy groups -OCH3 is 2. The molecule has 6 nitrogen and oxygen atoms in total. The van der Waals surface area contributed by atoms with Gasteiger partial charge < -0.3 is 14.6 Å². The molecule has 1 amide bonds. The molecule has 0 bridgehead atoms. The summed E-state index contributed by atoms with van der Waals surface area (Å²) in [7, 11) is 3.17. The van der Waals surface area contributed by atoms with Crippen LogP contribution in [0.5, 0.6) is 17.2 Å². The lowest BCUT2D eigenvalue weighted by molar-refractivity contribution is -0.130. The van der Waals surface area contributed by atoms with E-state index >= 15 is 0 Å². The van der Waals surface area contributed by atoms with E-state index < -0.39 is 0 Å². The molecule has 0 saturated heterocycles. The van der Waals surface area contributed by atoms with Gasteiger partial charge in [-0.3, -0.25) is 4.79 Å². The lowest BCUT2D eigenvalue weighted by Crippen LogP contribution is -2.24. The first-order chi connectivity index (χ1) is 12.0. The number of phenols is 1. The summed E-state index contributed by atoms with van der Waals surface area (Å²) in [4.78, 5) is 12.1. The molecule has 1 atom stereocenters. The SMILES string of the molecule is COc1cc(OC)cc(C2=NN(C(C)=O)[C@H](c3ccccc3O)C2)c1. The predicted octanol–water partition coefficient (Wildman–Crippen LogP) is 3.11. The Hall–Kier alpha value is -3.02. The Balaban J connectivity index is 2.00. The third-order valence-electron chi connectivity index (χ3n) is 4.21. The molecule has 2 aromatic rings. The minimum atomic E-state index is -0.342. The first kappa shape index (κ1) is 16.8. The van der Waals surface area contributed by atoms with Crippen LogP contribution in [0.3, 0.4) is 0 Å². The van der Waals surface area contributed by atoms with Crippen LogP contribution in [0.4, 0.5) is 0 Å². The third-order valence-corrected chi connectivity index (χ3v) is 4.21. The number of phenolic OH excluding ortho intramolecular Hbond substituents is 1. The van der Waals surface area contributed by atoms with Gasteiger partial charge in [0.2, 0.25) is 5.91 Å². The standard InChI is InChI=1S/C19H20N2O4/c1-12(22)21-18(16-6-4-5-7-19(16)23)11-17(20-21)13-8-14(24-2)10-15(9-13)25-3/h4-10,18,23H,11H2,1-3H3/t18-/m0/s1. The van der Waals surface area contributed by atoms with Crippen molar-refractivity contribution in [3.05, 3.63) is 53.6 Å². The van der Waals surface area contributed by atoms with Gasteiger partial charge in [0, 0.05) is 30.5 Å². The molecule has 130 valence electrons. The summed E-state index contributed by atoms with van der Waals surface area (Å²) in [5.74, 6) is 1.27. The quantitative estimate of drug-likeness (QED) is 0.928. The van der Waals surface area contributed by atoms with Crippen molar-refractivity contribution in [3.8, 4) is 17.2 Å². The van der Waals surface area contributed by atoms with Gasteiger partial charge in [-0.05, 0) is 18.2 Å². The number of rotatable bonds is 4. The van der Waals surface area contributed by atoms with Gasteiger partial charge in [0.1, 0.15) is 17.2 Å². The van der Waals surface area contributed by atoms with Crippen molar-refractivity contribution in [2.45, 2.75) is 19.4 Å². The smallest absolute Gasteiger partial charge is 0.240 e. The molecular weight excluding hydrogens is 320 g/mol. The van der Waals surface area contributed by atoms with Crippen LogP contribution in [0.25, 0.3) is 0 Å². The Morgan fingerprint density at radius 3 is 2.36 bits per heavy atom. The van der Waals surface area contributed by atoms with E-state index in [-0.39, 0.29) is 17.7 Å². The minimum Gasteiger partial charge on any atom is -0.508 e. The monoisotopic (exact) mass is 340 g/mol. The molecule has 0 fully saturated rings. The zero-order valence-electron chi connectivity index (χ0n) is 14.4. The maximum atomic E-state index is 12.1. The summed E-state index contributed by atoms with van der Waals surface area (Å²) < 4.78 is 10.6. The van der Waals surface area contributed by atoms with Crippen molar-refractivity contribution >= 4 is 11.6 Å². The second kappa shape index (κ2) is 6.84. The molecule has 1 aliphatic rings. The summed E-state index contributed by atoms with van der Waals surface area (Å²) >= 11 is 0. The second-order valence-corrected chi connectivity index (χ2v) is 5.79. The van der Waals surface area contributed by atoms with Crippen LogP contribution in [-0.2, 0) is 4.79 Å². The molecular formula is C19H20N2O4. The number of hydrazone groups is 1. The van der Waals surface area contributed by atoms with E-state index in [1.54, 1.807) is 38.5 Å². The van der Waals surface area contributed by atoms with Gasteiger partial charge >= 0.3 is 0 Å². The number of nitrogens with zero attached hydrogens (tertiary/aromatic N) is 2. The Bertz CT molecular complexity index is 810. The van der Waals surface area contributed by atoms with Crippen LogP contribution in [0.15, 0.2) is 47.6 Å². The summed E-state index contributed by atoms with van der Waals surface area (Å²) in [5.41, 5.74) is 2.23. The highest BCUT2D eigenvalue weighted by molar-refractivity contribution is 6.03. The molecule has 3 rings (SSSR count). The van der Waals surface area contributed by atoms with Gasteiger partial charge in [-0.2, -0.15) is 5.10 Å². The highest BCUT2D eigenvalue weighted by atomic mass is 16.5. The van der Waals surface area contributed by atoms with Crippen molar-refractivity contribution in [2.75, 3.05) is 14.2 Å². The van der Waals surface area contributed by atoms with E-state index in [2.05, 4.69) is 5.10 Å². The molecule has 0 spiro atoms. The molecule has 0 aromatic heterocycles. The van der Waals surface area contributed by atoms with Gasteiger partial charge in [0.15, 0.2) is 0 Å². The van der Waals surface area contributed by atoms with E-state index in [4.69, 9.17) is 9.47 Å².